The lowest BCUT2D eigenvalue weighted by Gasteiger charge is -2.71. The molecule has 1 aromatic carbocycles. The van der Waals surface area contributed by atoms with E-state index < -0.39 is 16.9 Å². The highest BCUT2D eigenvalue weighted by Crippen LogP contribution is 2.75. The summed E-state index contributed by atoms with van der Waals surface area (Å²) >= 11 is 0. The van der Waals surface area contributed by atoms with Crippen LogP contribution in [0.1, 0.15) is 117 Å². The lowest BCUT2D eigenvalue weighted by atomic mass is 9.33. The summed E-state index contributed by atoms with van der Waals surface area (Å²) in [6.07, 6.45) is 13.7. The van der Waals surface area contributed by atoms with Crippen LogP contribution in [0.15, 0.2) is 48.2 Å². The zero-order valence-corrected chi connectivity index (χ0v) is 29.6. The van der Waals surface area contributed by atoms with Crippen molar-refractivity contribution >= 4 is 5.97 Å². The molecule has 0 bridgehead atoms. The molecule has 47 heavy (non-hydrogen) atoms. The van der Waals surface area contributed by atoms with Crippen molar-refractivity contribution in [3.63, 3.8) is 0 Å². The number of hydrogen-bond acceptors (Lipinski definition) is 6. The summed E-state index contributed by atoms with van der Waals surface area (Å²) in [7, 11) is 0. The number of ether oxygens (including phenoxy) is 1. The van der Waals surface area contributed by atoms with E-state index in [0.717, 1.165) is 69.8 Å². The average Bonchev–Trinajstić information content (AvgIpc) is 3.49. The van der Waals surface area contributed by atoms with Crippen molar-refractivity contribution in [2.45, 2.75) is 125 Å². The standard InChI is InChI=1S/C40H57N3O4/c1-35(2)18-20-40(34(46)47-25-28-24-43(42-41-28)23-27-10-8-7-9-11-27)21-19-38(5)29(30(40)22-35)12-13-32-36(3)16-15-33(45)37(4,26-44)31(36)14-17-39(32,38)6/h7-12,24,30-33,44-45H,13-23,25-26H2,1-6H3/t30-,31+,32+,33-,36-,37-,38+,39+,40-/m0/s1. The first kappa shape index (κ1) is 33.0. The Kier molecular flexibility index (Phi) is 7.91. The predicted octanol–water partition coefficient (Wildman–Crippen LogP) is 7.50. The maximum Gasteiger partial charge on any atom is 0.313 e. The molecule has 2 aromatic rings. The van der Waals surface area contributed by atoms with Crippen LogP contribution in [0.25, 0.3) is 0 Å². The predicted molar refractivity (Wildman–Crippen MR) is 182 cm³/mol. The highest BCUT2D eigenvalue weighted by molar-refractivity contribution is 5.78. The number of allylic oxidation sites excluding steroid dienone is 2. The molecule has 0 radical (unpaired) electrons. The number of carbonyl (C=O) groups is 1. The molecule has 0 saturated heterocycles. The number of aliphatic hydroxyl groups is 2. The van der Waals surface area contributed by atoms with Gasteiger partial charge in [-0.3, -0.25) is 4.79 Å². The van der Waals surface area contributed by atoms with Gasteiger partial charge in [0.05, 0.1) is 30.9 Å². The molecule has 4 fully saturated rings. The first-order valence-corrected chi connectivity index (χ1v) is 18.3. The van der Waals surface area contributed by atoms with E-state index in [1.165, 1.54) is 5.57 Å². The minimum absolute atomic E-state index is 0.00240. The molecule has 1 heterocycles. The van der Waals surface area contributed by atoms with Crippen molar-refractivity contribution in [3.8, 4) is 0 Å². The molecule has 4 saturated carbocycles. The summed E-state index contributed by atoms with van der Waals surface area (Å²) in [5.74, 6) is 0.902. The van der Waals surface area contributed by atoms with Crippen LogP contribution in [0.2, 0.25) is 0 Å². The Bertz CT molecular complexity index is 1530. The van der Waals surface area contributed by atoms with Gasteiger partial charge in [0.2, 0.25) is 0 Å². The minimum Gasteiger partial charge on any atom is -0.459 e. The Morgan fingerprint density at radius 2 is 1.70 bits per heavy atom. The summed E-state index contributed by atoms with van der Waals surface area (Å²) in [4.78, 5) is 14.4. The molecule has 0 spiro atoms. The van der Waals surface area contributed by atoms with Crippen LogP contribution in [0.4, 0.5) is 0 Å². The molecule has 5 aliphatic rings. The Morgan fingerprint density at radius 3 is 2.45 bits per heavy atom. The first-order chi connectivity index (χ1) is 22.2. The molecule has 7 heteroatoms. The Morgan fingerprint density at radius 1 is 0.957 bits per heavy atom. The van der Waals surface area contributed by atoms with Gasteiger partial charge in [-0.2, -0.15) is 0 Å². The second-order valence-corrected chi connectivity index (χ2v) is 18.1. The second-order valence-electron chi connectivity index (χ2n) is 18.1. The maximum atomic E-state index is 14.4. The van der Waals surface area contributed by atoms with E-state index in [0.29, 0.717) is 24.1 Å². The van der Waals surface area contributed by atoms with Crippen LogP contribution in [0, 0.1) is 50.2 Å². The van der Waals surface area contributed by atoms with E-state index in [-0.39, 0.29) is 46.8 Å². The lowest BCUT2D eigenvalue weighted by molar-refractivity contribution is -0.217. The van der Waals surface area contributed by atoms with Gasteiger partial charge in [-0.15, -0.1) is 5.10 Å². The first-order valence-electron chi connectivity index (χ1n) is 18.3. The van der Waals surface area contributed by atoms with Crippen molar-refractivity contribution in [1.82, 2.24) is 15.0 Å². The molecule has 2 N–H and O–H groups in total. The van der Waals surface area contributed by atoms with Crippen LogP contribution < -0.4 is 0 Å². The number of carbonyl (C=O) groups excluding carboxylic acids is 1. The van der Waals surface area contributed by atoms with Gasteiger partial charge in [0.25, 0.3) is 0 Å². The summed E-state index contributed by atoms with van der Waals surface area (Å²) in [6.45, 7) is 15.3. The Labute approximate surface area is 281 Å². The molecule has 7 nitrogen and oxygen atoms in total. The number of hydrogen-bond donors (Lipinski definition) is 2. The van der Waals surface area contributed by atoms with Crippen LogP contribution in [-0.4, -0.2) is 43.9 Å². The minimum atomic E-state index is -0.504. The van der Waals surface area contributed by atoms with Crippen molar-refractivity contribution in [2.24, 2.45) is 50.2 Å². The molecule has 5 aliphatic carbocycles. The largest absolute Gasteiger partial charge is 0.459 e. The molecular formula is C40H57N3O4. The molecule has 9 atom stereocenters. The monoisotopic (exact) mass is 643 g/mol. The third-order valence-electron chi connectivity index (χ3n) is 15.3. The van der Waals surface area contributed by atoms with E-state index in [1.54, 1.807) is 0 Å². The van der Waals surface area contributed by atoms with Crippen molar-refractivity contribution in [3.05, 3.63) is 59.4 Å². The zero-order chi connectivity index (χ0) is 33.5. The zero-order valence-electron chi connectivity index (χ0n) is 29.6. The van der Waals surface area contributed by atoms with Gasteiger partial charge < -0.3 is 14.9 Å². The molecule has 7 rings (SSSR count). The van der Waals surface area contributed by atoms with Crippen molar-refractivity contribution in [1.29, 1.82) is 0 Å². The summed E-state index contributed by atoms with van der Waals surface area (Å²) < 4.78 is 8.02. The topological polar surface area (TPSA) is 97.5 Å². The molecular weight excluding hydrogens is 586 g/mol. The van der Waals surface area contributed by atoms with Gasteiger partial charge in [0.1, 0.15) is 12.3 Å². The average molecular weight is 644 g/mol. The van der Waals surface area contributed by atoms with Gasteiger partial charge in [-0.05, 0) is 109 Å². The van der Waals surface area contributed by atoms with E-state index in [2.05, 4.69) is 70.1 Å². The lowest BCUT2D eigenvalue weighted by Crippen LogP contribution is -2.66. The van der Waals surface area contributed by atoms with Gasteiger partial charge in [0, 0.05) is 5.41 Å². The van der Waals surface area contributed by atoms with E-state index in [4.69, 9.17) is 4.74 Å². The van der Waals surface area contributed by atoms with Crippen LogP contribution >= 0.6 is 0 Å². The van der Waals surface area contributed by atoms with Crippen LogP contribution in [0.5, 0.6) is 0 Å². The highest BCUT2D eigenvalue weighted by atomic mass is 16.5. The number of aromatic nitrogens is 3. The highest BCUT2D eigenvalue weighted by Gasteiger charge is 2.69. The third-order valence-corrected chi connectivity index (χ3v) is 15.3. The van der Waals surface area contributed by atoms with Crippen molar-refractivity contribution < 1.29 is 19.7 Å². The van der Waals surface area contributed by atoms with E-state index >= 15 is 0 Å². The fraction of sp³-hybridized carbons (Fsp3) is 0.725. The van der Waals surface area contributed by atoms with E-state index in [1.807, 2.05) is 29.1 Å². The fourth-order valence-corrected chi connectivity index (χ4v) is 12.2. The second kappa shape index (κ2) is 11.3. The van der Waals surface area contributed by atoms with Gasteiger partial charge in [-0.1, -0.05) is 88.7 Å². The molecule has 1 aromatic heterocycles. The molecule has 256 valence electrons. The number of aliphatic hydroxyl groups excluding tert-OH is 2. The fourth-order valence-electron chi connectivity index (χ4n) is 12.2. The number of benzene rings is 1. The number of fused-ring (bicyclic) bond motifs is 7. The van der Waals surface area contributed by atoms with Gasteiger partial charge in [0.15, 0.2) is 0 Å². The molecule has 0 unspecified atom stereocenters. The number of rotatable bonds is 6. The Hall–Kier alpha value is -2.51. The summed E-state index contributed by atoms with van der Waals surface area (Å²) in [5, 5.41) is 30.3. The SMILES string of the molecule is CC1(C)CC[C@]2(C(=O)OCc3cn(Cc4ccccc4)nn3)CC[C@]3(C)C(=CC[C@@H]4[C@@]5(C)CC[C@H](O)[C@@](C)(CO)[C@@H]5CC[C@]43C)[C@@H]2C1. The molecule has 0 aliphatic heterocycles. The normalized spacial score (nSPS) is 42.3. The Balaban J connectivity index is 1.16. The molecule has 0 amide bonds. The summed E-state index contributed by atoms with van der Waals surface area (Å²) in [5.41, 5.74) is 2.71. The maximum absolute atomic E-state index is 14.4. The summed E-state index contributed by atoms with van der Waals surface area (Å²) in [6, 6.07) is 10.2. The number of esters is 1. The van der Waals surface area contributed by atoms with Crippen molar-refractivity contribution in [2.75, 3.05) is 6.61 Å². The third kappa shape index (κ3) is 4.91. The number of nitrogens with zero attached hydrogens (tertiary/aromatic N) is 3. The van der Waals surface area contributed by atoms with E-state index in [9.17, 15) is 15.0 Å². The van der Waals surface area contributed by atoms with Crippen LogP contribution in [0.3, 0.4) is 0 Å². The quantitative estimate of drug-likeness (QED) is 0.250. The smallest absolute Gasteiger partial charge is 0.313 e. The van der Waals surface area contributed by atoms with Gasteiger partial charge >= 0.3 is 5.97 Å². The van der Waals surface area contributed by atoms with Gasteiger partial charge in [-0.25, -0.2) is 4.68 Å². The van der Waals surface area contributed by atoms with Crippen LogP contribution in [-0.2, 0) is 22.7 Å².